The van der Waals surface area contributed by atoms with Gasteiger partial charge in [-0.1, -0.05) is 17.7 Å². The van der Waals surface area contributed by atoms with Crippen LogP contribution in [0.2, 0.25) is 0 Å². The van der Waals surface area contributed by atoms with Crippen molar-refractivity contribution in [1.29, 1.82) is 0 Å². The minimum atomic E-state index is -0.322. The molecule has 0 saturated carbocycles. The molecule has 0 aromatic heterocycles. The Morgan fingerprint density at radius 1 is 1.39 bits per heavy atom. The van der Waals surface area contributed by atoms with Crippen molar-refractivity contribution in [3.8, 4) is 5.75 Å². The van der Waals surface area contributed by atoms with E-state index in [1.54, 1.807) is 4.90 Å². The van der Waals surface area contributed by atoms with Crippen LogP contribution >= 0.6 is 0 Å². The van der Waals surface area contributed by atoms with Crippen molar-refractivity contribution >= 4 is 5.91 Å². The second-order valence-corrected chi connectivity index (χ2v) is 4.72. The Labute approximate surface area is 107 Å². The number of carbonyl (C=O) groups is 1. The summed E-state index contributed by atoms with van der Waals surface area (Å²) in [5, 5.41) is 9.09. The topological polar surface area (TPSA) is 49.8 Å². The Kier molecular flexibility index (Phi) is 4.20. The molecule has 1 aromatic rings. The number of amides is 1. The molecule has 0 aliphatic carbocycles. The fraction of sp³-hybridized carbons (Fsp3) is 0.500. The molecule has 18 heavy (non-hydrogen) atoms. The highest BCUT2D eigenvalue weighted by Crippen LogP contribution is 2.13. The first-order chi connectivity index (χ1) is 8.65. The largest absolute Gasteiger partial charge is 0.494 e. The van der Waals surface area contributed by atoms with Crippen LogP contribution in [0.4, 0.5) is 0 Å². The lowest BCUT2D eigenvalue weighted by Crippen LogP contribution is -2.53. The summed E-state index contributed by atoms with van der Waals surface area (Å²) in [6.45, 7) is 3.55. The number of carbonyl (C=O) groups excluding carboxylic acids is 1. The van der Waals surface area contributed by atoms with Gasteiger partial charge in [0.25, 0.3) is 0 Å². The van der Waals surface area contributed by atoms with Gasteiger partial charge in [0.05, 0.1) is 12.7 Å². The standard InChI is InChI=1S/C14H19NO3/c1-11-4-6-13(7-5-11)18-8-2-3-14(17)15-9-12(16)10-15/h4-7,12,16H,2-3,8-10H2,1H3. The Bertz CT molecular complexity index is 396. The molecule has 0 bridgehead atoms. The number of aryl methyl sites for hydroxylation is 1. The Hall–Kier alpha value is -1.55. The first-order valence-electron chi connectivity index (χ1n) is 6.30. The molecule has 1 amide bonds. The normalized spacial score (nSPS) is 15.3. The molecule has 1 aromatic carbocycles. The van der Waals surface area contributed by atoms with Gasteiger partial charge in [0, 0.05) is 19.5 Å². The second kappa shape index (κ2) is 5.87. The molecular weight excluding hydrogens is 230 g/mol. The minimum Gasteiger partial charge on any atom is -0.494 e. The maximum Gasteiger partial charge on any atom is 0.222 e. The molecule has 1 aliphatic rings. The molecule has 0 spiro atoms. The quantitative estimate of drug-likeness (QED) is 0.802. The third-order valence-corrected chi connectivity index (χ3v) is 3.04. The number of hydrogen-bond acceptors (Lipinski definition) is 3. The summed E-state index contributed by atoms with van der Waals surface area (Å²) in [5.41, 5.74) is 1.20. The minimum absolute atomic E-state index is 0.104. The molecule has 4 nitrogen and oxygen atoms in total. The van der Waals surface area contributed by atoms with Gasteiger partial charge in [-0.05, 0) is 25.5 Å². The molecule has 0 unspecified atom stereocenters. The number of hydrogen-bond donors (Lipinski definition) is 1. The van der Waals surface area contributed by atoms with E-state index in [1.807, 2.05) is 31.2 Å². The third-order valence-electron chi connectivity index (χ3n) is 3.04. The summed E-state index contributed by atoms with van der Waals surface area (Å²) < 4.78 is 5.54. The first-order valence-corrected chi connectivity index (χ1v) is 6.30. The van der Waals surface area contributed by atoms with Crippen molar-refractivity contribution in [2.75, 3.05) is 19.7 Å². The molecule has 0 atom stereocenters. The van der Waals surface area contributed by atoms with Gasteiger partial charge in [-0.2, -0.15) is 0 Å². The van der Waals surface area contributed by atoms with E-state index in [0.29, 0.717) is 32.5 Å². The number of aliphatic hydroxyl groups excluding tert-OH is 1. The van der Waals surface area contributed by atoms with Crippen molar-refractivity contribution in [2.45, 2.75) is 25.9 Å². The van der Waals surface area contributed by atoms with Crippen LogP contribution in [-0.2, 0) is 4.79 Å². The smallest absolute Gasteiger partial charge is 0.222 e. The molecule has 1 N–H and O–H groups in total. The summed E-state index contributed by atoms with van der Waals surface area (Å²) in [4.78, 5) is 13.3. The highest BCUT2D eigenvalue weighted by molar-refractivity contribution is 5.77. The number of aliphatic hydroxyl groups is 1. The van der Waals surface area contributed by atoms with Crippen molar-refractivity contribution in [3.63, 3.8) is 0 Å². The highest BCUT2D eigenvalue weighted by Gasteiger charge is 2.27. The zero-order chi connectivity index (χ0) is 13.0. The highest BCUT2D eigenvalue weighted by atomic mass is 16.5. The van der Waals surface area contributed by atoms with Crippen LogP contribution in [0.25, 0.3) is 0 Å². The van der Waals surface area contributed by atoms with Gasteiger partial charge in [0.2, 0.25) is 5.91 Å². The van der Waals surface area contributed by atoms with Crippen LogP contribution in [0.5, 0.6) is 5.75 Å². The van der Waals surface area contributed by atoms with E-state index in [-0.39, 0.29) is 12.0 Å². The number of benzene rings is 1. The lowest BCUT2D eigenvalue weighted by atomic mass is 10.1. The van der Waals surface area contributed by atoms with Gasteiger partial charge in [0.15, 0.2) is 0 Å². The fourth-order valence-corrected chi connectivity index (χ4v) is 1.86. The van der Waals surface area contributed by atoms with Crippen LogP contribution in [0.3, 0.4) is 0 Å². The fourth-order valence-electron chi connectivity index (χ4n) is 1.86. The summed E-state index contributed by atoms with van der Waals surface area (Å²) in [6.07, 6.45) is 0.871. The molecule has 1 heterocycles. The molecule has 1 saturated heterocycles. The number of rotatable bonds is 5. The molecule has 98 valence electrons. The molecule has 2 rings (SSSR count). The van der Waals surface area contributed by atoms with Gasteiger partial charge in [0.1, 0.15) is 5.75 Å². The molecule has 4 heteroatoms. The van der Waals surface area contributed by atoms with Gasteiger partial charge in [-0.3, -0.25) is 4.79 Å². The lowest BCUT2D eigenvalue weighted by Gasteiger charge is -2.35. The maximum atomic E-state index is 11.6. The SMILES string of the molecule is Cc1ccc(OCCCC(=O)N2CC(O)C2)cc1. The van der Waals surface area contributed by atoms with Crippen LogP contribution in [0.1, 0.15) is 18.4 Å². The number of likely N-dealkylation sites (tertiary alicyclic amines) is 1. The number of ether oxygens (including phenoxy) is 1. The predicted octanol–water partition coefficient (Wildman–Crippen LogP) is 1.36. The van der Waals surface area contributed by atoms with Crippen LogP contribution in [-0.4, -0.2) is 41.7 Å². The molecule has 1 fully saturated rings. The van der Waals surface area contributed by atoms with Crippen LogP contribution < -0.4 is 4.74 Å². The van der Waals surface area contributed by atoms with E-state index >= 15 is 0 Å². The van der Waals surface area contributed by atoms with Gasteiger partial charge >= 0.3 is 0 Å². The zero-order valence-electron chi connectivity index (χ0n) is 10.6. The Morgan fingerprint density at radius 2 is 2.06 bits per heavy atom. The maximum absolute atomic E-state index is 11.6. The van der Waals surface area contributed by atoms with E-state index in [2.05, 4.69) is 0 Å². The molecule has 0 radical (unpaired) electrons. The average molecular weight is 249 g/mol. The van der Waals surface area contributed by atoms with E-state index < -0.39 is 0 Å². The average Bonchev–Trinajstić information content (AvgIpc) is 2.32. The van der Waals surface area contributed by atoms with E-state index in [1.165, 1.54) is 5.56 Å². The summed E-state index contributed by atoms with van der Waals surface area (Å²) >= 11 is 0. The van der Waals surface area contributed by atoms with Crippen LogP contribution in [0.15, 0.2) is 24.3 Å². The Balaban J connectivity index is 1.61. The van der Waals surface area contributed by atoms with E-state index in [4.69, 9.17) is 9.84 Å². The van der Waals surface area contributed by atoms with Gasteiger partial charge in [-0.15, -0.1) is 0 Å². The second-order valence-electron chi connectivity index (χ2n) is 4.72. The first kappa shape index (κ1) is 12.9. The van der Waals surface area contributed by atoms with Crippen LogP contribution in [0, 0.1) is 6.92 Å². The van der Waals surface area contributed by atoms with Gasteiger partial charge in [-0.25, -0.2) is 0 Å². The number of β-amino-alcohol motifs (C(OH)–C–C–N with tert-alkyl or cyclic N) is 1. The van der Waals surface area contributed by atoms with Crippen molar-refractivity contribution in [1.82, 2.24) is 4.90 Å². The van der Waals surface area contributed by atoms with E-state index in [9.17, 15) is 4.79 Å². The molecular formula is C14H19NO3. The van der Waals surface area contributed by atoms with Crippen molar-refractivity contribution in [3.05, 3.63) is 29.8 Å². The summed E-state index contributed by atoms with van der Waals surface area (Å²) in [5.74, 6) is 0.945. The van der Waals surface area contributed by atoms with E-state index in [0.717, 1.165) is 5.75 Å². The monoisotopic (exact) mass is 249 g/mol. The molecule has 1 aliphatic heterocycles. The summed E-state index contributed by atoms with van der Waals surface area (Å²) in [7, 11) is 0. The predicted molar refractivity (Wildman–Crippen MR) is 68.5 cm³/mol. The van der Waals surface area contributed by atoms with Crippen molar-refractivity contribution in [2.24, 2.45) is 0 Å². The van der Waals surface area contributed by atoms with Crippen molar-refractivity contribution < 1.29 is 14.6 Å². The third kappa shape index (κ3) is 3.47. The zero-order valence-corrected chi connectivity index (χ0v) is 10.6. The lowest BCUT2D eigenvalue weighted by molar-refractivity contribution is -0.141. The Morgan fingerprint density at radius 3 is 2.67 bits per heavy atom. The number of nitrogens with zero attached hydrogens (tertiary/aromatic N) is 1. The summed E-state index contributed by atoms with van der Waals surface area (Å²) in [6, 6.07) is 7.87. The van der Waals surface area contributed by atoms with Gasteiger partial charge < -0.3 is 14.7 Å².